The first-order valence-electron chi connectivity index (χ1n) is 14.1. The molecule has 0 saturated heterocycles. The van der Waals surface area contributed by atoms with Gasteiger partial charge < -0.3 is 9.15 Å². The fraction of sp³-hybridized carbons (Fsp3) is 0.143. The molecule has 6 aromatic rings. The van der Waals surface area contributed by atoms with Crippen molar-refractivity contribution in [3.8, 4) is 11.6 Å². The van der Waals surface area contributed by atoms with Crippen molar-refractivity contribution in [2.45, 2.75) is 38.5 Å². The first-order valence-corrected chi connectivity index (χ1v) is 15.6. The van der Waals surface area contributed by atoms with Crippen LogP contribution >= 0.6 is 0 Å². The zero-order chi connectivity index (χ0) is 31.0. The SMILES string of the molecule is CC(=O)Oc1c(C(c2ccccc2)c2oc3ccc(C)cc3c2NS(=O)(=O)c2ccccc2C)c(C)nn1-c1ccccc1. The number of para-hydroxylation sites is 1. The van der Waals surface area contributed by atoms with Gasteiger partial charge in [0.25, 0.3) is 10.0 Å². The van der Waals surface area contributed by atoms with Crippen LogP contribution in [0.3, 0.4) is 0 Å². The zero-order valence-corrected chi connectivity index (χ0v) is 25.6. The Morgan fingerprint density at radius 3 is 2.23 bits per heavy atom. The lowest BCUT2D eigenvalue weighted by molar-refractivity contribution is -0.132. The van der Waals surface area contributed by atoms with Gasteiger partial charge in [0.2, 0.25) is 5.88 Å². The standard InChI is InChI=1S/C35H31N3O5S/c1-22-19-20-29-28(21-22)33(37-44(40,41)30-18-12-11-13-23(30)2)34(43-29)32(26-14-7-5-8-15-26)31-24(3)36-38(35(31)42-25(4)39)27-16-9-6-10-17-27/h5-21,32,37H,1-4H3. The molecule has 6 rings (SSSR count). The molecule has 2 heterocycles. The number of ether oxygens (including phenoxy) is 1. The Morgan fingerprint density at radius 1 is 0.886 bits per heavy atom. The van der Waals surface area contributed by atoms with E-state index in [-0.39, 0.29) is 10.8 Å². The van der Waals surface area contributed by atoms with Gasteiger partial charge in [-0.2, -0.15) is 5.10 Å². The van der Waals surface area contributed by atoms with Crippen molar-refractivity contribution in [2.24, 2.45) is 0 Å². The van der Waals surface area contributed by atoms with Crippen molar-refractivity contribution >= 4 is 32.6 Å². The number of carbonyl (C=O) groups is 1. The van der Waals surface area contributed by atoms with Crippen molar-refractivity contribution in [1.82, 2.24) is 9.78 Å². The van der Waals surface area contributed by atoms with Gasteiger partial charge in [0, 0.05) is 12.3 Å². The summed E-state index contributed by atoms with van der Waals surface area (Å²) in [4.78, 5) is 12.7. The third-order valence-electron chi connectivity index (χ3n) is 7.48. The highest BCUT2D eigenvalue weighted by Gasteiger charge is 2.35. The van der Waals surface area contributed by atoms with Gasteiger partial charge in [-0.3, -0.25) is 9.52 Å². The van der Waals surface area contributed by atoms with E-state index in [9.17, 15) is 13.2 Å². The Bertz CT molecular complexity index is 2100. The number of anilines is 1. The summed E-state index contributed by atoms with van der Waals surface area (Å²) in [5.74, 6) is -0.654. The Hall–Kier alpha value is -5.15. The molecule has 44 heavy (non-hydrogen) atoms. The fourth-order valence-electron chi connectivity index (χ4n) is 5.51. The van der Waals surface area contributed by atoms with Crippen LogP contribution in [0, 0.1) is 20.8 Å². The van der Waals surface area contributed by atoms with E-state index in [1.165, 1.54) is 6.92 Å². The number of carbonyl (C=O) groups excluding carboxylic acids is 1. The number of aryl methyl sites for hydroxylation is 3. The second-order valence-corrected chi connectivity index (χ2v) is 12.4. The highest BCUT2D eigenvalue weighted by molar-refractivity contribution is 7.92. The number of hydrogen-bond acceptors (Lipinski definition) is 6. The van der Waals surface area contributed by atoms with Crippen molar-refractivity contribution in [2.75, 3.05) is 4.72 Å². The molecule has 0 aliphatic carbocycles. The predicted octanol–water partition coefficient (Wildman–Crippen LogP) is 7.45. The molecule has 8 nitrogen and oxygen atoms in total. The molecule has 0 fully saturated rings. The molecule has 0 aliphatic rings. The van der Waals surface area contributed by atoms with Crippen LogP contribution in [0.2, 0.25) is 0 Å². The number of sulfonamides is 1. The smallest absolute Gasteiger partial charge is 0.309 e. The number of rotatable bonds is 8. The molecule has 0 radical (unpaired) electrons. The van der Waals surface area contributed by atoms with Crippen LogP contribution in [0.4, 0.5) is 5.69 Å². The highest BCUT2D eigenvalue weighted by Crippen LogP contribution is 2.47. The summed E-state index contributed by atoms with van der Waals surface area (Å²) < 4.78 is 44.8. The lowest BCUT2D eigenvalue weighted by Gasteiger charge is -2.20. The third-order valence-corrected chi connectivity index (χ3v) is 8.99. The number of nitrogens with zero attached hydrogens (tertiary/aromatic N) is 2. The molecular weight excluding hydrogens is 574 g/mol. The Morgan fingerprint density at radius 2 is 1.55 bits per heavy atom. The summed E-state index contributed by atoms with van der Waals surface area (Å²) >= 11 is 0. The largest absolute Gasteiger partial charge is 0.458 e. The van der Waals surface area contributed by atoms with Gasteiger partial charge in [-0.05, 0) is 62.2 Å². The minimum atomic E-state index is -4.03. The number of furan rings is 1. The molecule has 0 spiro atoms. The van der Waals surface area contributed by atoms with Gasteiger partial charge in [0.1, 0.15) is 11.3 Å². The van der Waals surface area contributed by atoms with Gasteiger partial charge in [-0.25, -0.2) is 13.1 Å². The Kier molecular flexibility index (Phi) is 7.57. The second-order valence-electron chi connectivity index (χ2n) is 10.7. The summed E-state index contributed by atoms with van der Waals surface area (Å²) in [6.45, 7) is 6.87. The zero-order valence-electron chi connectivity index (χ0n) is 24.7. The molecule has 1 unspecified atom stereocenters. The van der Waals surface area contributed by atoms with Gasteiger partial charge >= 0.3 is 5.97 Å². The number of hydrogen-bond donors (Lipinski definition) is 1. The summed E-state index contributed by atoms with van der Waals surface area (Å²) in [5, 5.41) is 5.41. The van der Waals surface area contributed by atoms with E-state index in [0.717, 1.165) is 11.1 Å². The van der Waals surface area contributed by atoms with E-state index in [0.29, 0.717) is 44.9 Å². The molecule has 0 saturated carbocycles. The molecule has 2 aromatic heterocycles. The first-order chi connectivity index (χ1) is 21.1. The molecular formula is C35H31N3O5S. The topological polar surface area (TPSA) is 103 Å². The van der Waals surface area contributed by atoms with E-state index in [4.69, 9.17) is 14.3 Å². The highest BCUT2D eigenvalue weighted by atomic mass is 32.2. The van der Waals surface area contributed by atoms with Crippen molar-refractivity contribution < 1.29 is 22.4 Å². The number of esters is 1. The summed E-state index contributed by atoms with van der Waals surface area (Å²) in [7, 11) is -4.03. The number of benzene rings is 4. The lowest BCUT2D eigenvalue weighted by Crippen LogP contribution is -2.17. The van der Waals surface area contributed by atoms with Crippen LogP contribution in [-0.2, 0) is 14.8 Å². The van der Waals surface area contributed by atoms with Gasteiger partial charge in [0.15, 0.2) is 0 Å². The monoisotopic (exact) mass is 605 g/mol. The molecule has 4 aromatic carbocycles. The maximum Gasteiger partial charge on any atom is 0.309 e. The van der Waals surface area contributed by atoms with Gasteiger partial charge in [-0.15, -0.1) is 0 Å². The third kappa shape index (κ3) is 5.38. The predicted molar refractivity (Wildman–Crippen MR) is 170 cm³/mol. The van der Waals surface area contributed by atoms with Crippen LogP contribution in [0.15, 0.2) is 112 Å². The first kappa shape index (κ1) is 28.9. The average molecular weight is 606 g/mol. The fourth-order valence-corrected chi connectivity index (χ4v) is 6.85. The summed E-state index contributed by atoms with van der Waals surface area (Å²) in [5.41, 5.74) is 5.02. The van der Waals surface area contributed by atoms with E-state index in [1.54, 1.807) is 35.9 Å². The van der Waals surface area contributed by atoms with Crippen LogP contribution in [0.5, 0.6) is 5.88 Å². The van der Waals surface area contributed by atoms with E-state index < -0.39 is 21.9 Å². The van der Waals surface area contributed by atoms with E-state index >= 15 is 0 Å². The van der Waals surface area contributed by atoms with Crippen LogP contribution in [0.25, 0.3) is 16.7 Å². The van der Waals surface area contributed by atoms with E-state index in [2.05, 4.69) is 4.72 Å². The maximum atomic E-state index is 13.9. The van der Waals surface area contributed by atoms with Gasteiger partial charge in [-0.1, -0.05) is 78.4 Å². The minimum absolute atomic E-state index is 0.165. The minimum Gasteiger partial charge on any atom is -0.458 e. The summed E-state index contributed by atoms with van der Waals surface area (Å²) in [6.07, 6.45) is 0. The molecule has 1 atom stereocenters. The Balaban J connectivity index is 1.66. The van der Waals surface area contributed by atoms with E-state index in [1.807, 2.05) is 92.7 Å². The molecule has 9 heteroatoms. The second kappa shape index (κ2) is 11.5. The average Bonchev–Trinajstić information content (AvgIpc) is 3.50. The van der Waals surface area contributed by atoms with Crippen LogP contribution in [-0.4, -0.2) is 24.2 Å². The summed E-state index contributed by atoms with van der Waals surface area (Å²) in [6, 6.07) is 31.4. The van der Waals surface area contributed by atoms with Crippen LogP contribution < -0.4 is 9.46 Å². The quantitative estimate of drug-likeness (QED) is 0.181. The molecule has 222 valence electrons. The molecule has 0 amide bonds. The van der Waals surface area contributed by atoms with Crippen molar-refractivity contribution in [3.63, 3.8) is 0 Å². The van der Waals surface area contributed by atoms with Crippen LogP contribution in [0.1, 0.15) is 46.5 Å². The normalized spacial score (nSPS) is 12.3. The number of aromatic nitrogens is 2. The lowest BCUT2D eigenvalue weighted by atomic mass is 9.88. The molecule has 0 aliphatic heterocycles. The van der Waals surface area contributed by atoms with Crippen molar-refractivity contribution in [1.29, 1.82) is 0 Å². The molecule has 1 N–H and O–H groups in total. The Labute approximate surface area is 256 Å². The van der Waals surface area contributed by atoms with Crippen molar-refractivity contribution in [3.05, 3.63) is 137 Å². The maximum absolute atomic E-state index is 13.9. The molecule has 0 bridgehead atoms. The number of fused-ring (bicyclic) bond motifs is 1. The van der Waals surface area contributed by atoms with Gasteiger partial charge in [0.05, 0.1) is 33.4 Å². The number of nitrogens with one attached hydrogen (secondary N) is 1.